The number of hydrogen-bond acceptors (Lipinski definition) is 7. The molecular weight excluding hydrogens is 743 g/mol. The van der Waals surface area contributed by atoms with E-state index in [-0.39, 0.29) is 47.3 Å². The summed E-state index contributed by atoms with van der Waals surface area (Å²) in [5.41, 5.74) is 6.51. The number of hydrogen-bond donors (Lipinski definition) is 4. The first-order valence-electron chi connectivity index (χ1n) is 20.9. The van der Waals surface area contributed by atoms with Crippen molar-refractivity contribution in [2.24, 2.45) is 29.6 Å². The van der Waals surface area contributed by atoms with E-state index in [0.717, 1.165) is 71.0 Å². The number of fused-ring (bicyclic) bond motifs is 1. The molecule has 1 saturated heterocycles. The van der Waals surface area contributed by atoms with Gasteiger partial charge in [0.15, 0.2) is 5.78 Å². The molecule has 12 nitrogen and oxygen atoms in total. The lowest BCUT2D eigenvalue weighted by atomic mass is 9.46. The Morgan fingerprint density at radius 1 is 0.695 bits per heavy atom. The molecule has 0 spiro atoms. The number of methoxy groups -OCH3 is 1. The van der Waals surface area contributed by atoms with Gasteiger partial charge in [0.2, 0.25) is 11.8 Å². The molecule has 2 saturated carbocycles. The summed E-state index contributed by atoms with van der Waals surface area (Å²) >= 11 is 0. The summed E-state index contributed by atoms with van der Waals surface area (Å²) in [5.74, 6) is 1.70. The number of alkyl carbamates (subject to hydrolysis) is 1. The molecule has 3 aliphatic rings. The highest BCUT2D eigenvalue weighted by atomic mass is 16.5. The van der Waals surface area contributed by atoms with E-state index in [2.05, 4.69) is 74.1 Å². The quantitative estimate of drug-likeness (QED) is 0.0880. The van der Waals surface area contributed by atoms with Gasteiger partial charge in [-0.1, -0.05) is 107 Å². The lowest BCUT2D eigenvalue weighted by Gasteiger charge is -2.57. The number of nitrogens with one attached hydrogen (secondary N) is 4. The Morgan fingerprint density at radius 3 is 1.81 bits per heavy atom. The van der Waals surface area contributed by atoms with E-state index >= 15 is 0 Å². The molecule has 1 unspecified atom stereocenters. The molecule has 7 atom stereocenters. The van der Waals surface area contributed by atoms with Gasteiger partial charge in [-0.25, -0.2) is 14.8 Å². The van der Waals surface area contributed by atoms with Gasteiger partial charge < -0.3 is 30.2 Å². The Morgan fingerprint density at radius 2 is 1.25 bits per heavy atom. The number of nitrogens with zero attached hydrogens (tertiary/aromatic N) is 3. The van der Waals surface area contributed by atoms with Crippen LogP contribution in [0.15, 0.2) is 91.3 Å². The van der Waals surface area contributed by atoms with Crippen molar-refractivity contribution in [3.63, 3.8) is 0 Å². The maximum Gasteiger partial charge on any atom is 0.407 e. The van der Waals surface area contributed by atoms with Gasteiger partial charge in [0.25, 0.3) is 0 Å². The number of amides is 3. The van der Waals surface area contributed by atoms with Crippen molar-refractivity contribution >= 4 is 23.7 Å². The van der Waals surface area contributed by atoms with Gasteiger partial charge >= 0.3 is 6.09 Å². The van der Waals surface area contributed by atoms with Crippen LogP contribution < -0.4 is 10.6 Å². The van der Waals surface area contributed by atoms with Crippen molar-refractivity contribution in [2.45, 2.75) is 77.4 Å². The molecule has 3 heterocycles. The topological polar surface area (TPSA) is 162 Å². The van der Waals surface area contributed by atoms with Crippen molar-refractivity contribution in [1.82, 2.24) is 35.5 Å². The number of benzene rings is 3. The van der Waals surface area contributed by atoms with Crippen molar-refractivity contribution in [1.29, 1.82) is 0 Å². The Balaban J connectivity index is 0.913. The highest BCUT2D eigenvalue weighted by molar-refractivity contribution is 6.02. The number of H-pyrrole nitrogens is 2. The van der Waals surface area contributed by atoms with Crippen LogP contribution in [0.2, 0.25) is 0 Å². The zero-order valence-electron chi connectivity index (χ0n) is 34.3. The first-order chi connectivity index (χ1) is 28.5. The van der Waals surface area contributed by atoms with Gasteiger partial charge in [-0.2, -0.15) is 0 Å². The van der Waals surface area contributed by atoms with Crippen LogP contribution >= 0.6 is 0 Å². The second-order valence-corrected chi connectivity index (χ2v) is 17.0. The first kappa shape index (κ1) is 39.8. The third-order valence-electron chi connectivity index (χ3n) is 12.8. The molecule has 3 aromatic carbocycles. The highest BCUT2D eigenvalue weighted by Crippen LogP contribution is 2.62. The number of Topliss-reactive ketones (excluding diaryl/α,β-unsaturated/α-hetero) is 1. The normalized spacial score (nSPS) is 21.9. The molecule has 2 aromatic heterocycles. The second-order valence-electron chi connectivity index (χ2n) is 17.0. The van der Waals surface area contributed by atoms with Crippen LogP contribution in [0.1, 0.15) is 87.3 Å². The lowest BCUT2D eigenvalue weighted by molar-refractivity contribution is -0.146. The molecule has 3 amide bonds. The summed E-state index contributed by atoms with van der Waals surface area (Å²) in [4.78, 5) is 71.0. The molecule has 306 valence electrons. The highest BCUT2D eigenvalue weighted by Gasteiger charge is 2.60. The first-order valence-corrected chi connectivity index (χ1v) is 20.9. The average Bonchev–Trinajstić information content (AvgIpc) is 4.04. The van der Waals surface area contributed by atoms with E-state index in [1.54, 1.807) is 12.1 Å². The van der Waals surface area contributed by atoms with E-state index < -0.39 is 18.2 Å². The molecule has 0 bridgehead atoms. The number of aromatic amines is 2. The lowest BCUT2D eigenvalue weighted by Crippen LogP contribution is -2.59. The van der Waals surface area contributed by atoms with Gasteiger partial charge in [-0.05, 0) is 71.6 Å². The zero-order valence-corrected chi connectivity index (χ0v) is 34.3. The molecule has 3 fully saturated rings. The summed E-state index contributed by atoms with van der Waals surface area (Å²) in [6, 6.07) is 24.4. The standard InChI is InChI=1S/C47H53N7O5/c1-26(2)40(42(55)32-10-7-6-8-11-32)52-45(56)39-34-22-21-33(34)38(39)44-49-25-36(51-44)31-19-15-29(16-20-31)28-13-17-30(18-14-28)35-24-48-43(50-35)37-12-9-23-54(37)46(57)41(27(3)4)53-47(58)59-5/h6-8,10-11,13-20,24-27,33-34,37-41H,9,12,21-23H2,1-5H3,(H,48,50)(H,49,51)(H,52,56)(H,53,58)/t33-,34?,37-,38+,39+,40+,41-/m0/s1. The Bertz CT molecular complexity index is 2300. The fraction of sp³-hybridized carbons (Fsp3) is 0.404. The smallest absolute Gasteiger partial charge is 0.407 e. The van der Waals surface area contributed by atoms with Crippen molar-refractivity contribution in [2.75, 3.05) is 13.7 Å². The number of carbonyl (C=O) groups is 4. The maximum absolute atomic E-state index is 13.8. The number of carbonyl (C=O) groups excluding carboxylic acids is 4. The van der Waals surface area contributed by atoms with Crippen LogP contribution in [0, 0.1) is 29.6 Å². The van der Waals surface area contributed by atoms with Crippen LogP contribution in [0.5, 0.6) is 0 Å². The van der Waals surface area contributed by atoms with Crippen LogP contribution in [0.3, 0.4) is 0 Å². The number of imidazole rings is 2. The molecule has 0 radical (unpaired) electrons. The van der Waals surface area contributed by atoms with E-state index in [9.17, 15) is 19.2 Å². The van der Waals surface area contributed by atoms with Crippen LogP contribution in [0.25, 0.3) is 33.6 Å². The van der Waals surface area contributed by atoms with Crippen molar-refractivity contribution in [3.8, 4) is 33.6 Å². The van der Waals surface area contributed by atoms with E-state index in [1.165, 1.54) is 7.11 Å². The minimum atomic E-state index is -0.686. The summed E-state index contributed by atoms with van der Waals surface area (Å²) in [5, 5.41) is 5.84. The van der Waals surface area contributed by atoms with Gasteiger partial charge in [0, 0.05) is 18.0 Å². The summed E-state index contributed by atoms with van der Waals surface area (Å²) in [6.07, 6.45) is 6.79. The summed E-state index contributed by atoms with van der Waals surface area (Å²) in [6.45, 7) is 8.35. The molecular formula is C47H53N7O5. The molecule has 4 N–H and O–H groups in total. The minimum absolute atomic E-state index is 0.00182. The van der Waals surface area contributed by atoms with Crippen LogP contribution in [-0.2, 0) is 14.3 Å². The van der Waals surface area contributed by atoms with E-state index in [4.69, 9.17) is 9.72 Å². The van der Waals surface area contributed by atoms with Crippen molar-refractivity contribution < 1.29 is 23.9 Å². The fourth-order valence-electron chi connectivity index (χ4n) is 9.31. The number of ether oxygens (including phenoxy) is 1. The Labute approximate surface area is 345 Å². The van der Waals surface area contributed by atoms with Gasteiger partial charge in [-0.15, -0.1) is 0 Å². The second kappa shape index (κ2) is 16.7. The molecule has 1 aliphatic heterocycles. The molecule has 12 heteroatoms. The van der Waals surface area contributed by atoms with E-state index in [0.29, 0.717) is 23.9 Å². The van der Waals surface area contributed by atoms with Gasteiger partial charge in [0.1, 0.15) is 17.7 Å². The monoisotopic (exact) mass is 795 g/mol. The zero-order chi connectivity index (χ0) is 41.4. The third-order valence-corrected chi connectivity index (χ3v) is 12.8. The molecule has 2 aliphatic carbocycles. The Hall–Kier alpha value is -6.04. The van der Waals surface area contributed by atoms with E-state index in [1.807, 2.05) is 63.2 Å². The average molecular weight is 796 g/mol. The molecule has 59 heavy (non-hydrogen) atoms. The minimum Gasteiger partial charge on any atom is -0.453 e. The number of likely N-dealkylation sites (tertiary alicyclic amines) is 1. The maximum atomic E-state index is 13.8. The summed E-state index contributed by atoms with van der Waals surface area (Å²) < 4.78 is 4.76. The fourth-order valence-corrected chi connectivity index (χ4v) is 9.31. The van der Waals surface area contributed by atoms with Crippen LogP contribution in [-0.4, -0.2) is 74.3 Å². The predicted molar refractivity (Wildman–Crippen MR) is 225 cm³/mol. The molecule has 5 aromatic rings. The molecule has 8 rings (SSSR count). The van der Waals surface area contributed by atoms with Crippen LogP contribution in [0.4, 0.5) is 4.79 Å². The summed E-state index contributed by atoms with van der Waals surface area (Å²) in [7, 11) is 1.29. The number of ketones is 1. The van der Waals surface area contributed by atoms with Gasteiger partial charge in [0.05, 0.1) is 48.9 Å². The number of aromatic nitrogens is 4. The third kappa shape index (κ3) is 7.80. The largest absolute Gasteiger partial charge is 0.453 e. The number of rotatable bonds is 13. The SMILES string of the molecule is COC(=O)N[C@H](C(=O)N1CCC[C@H]1c1ncc(-c2ccc(-c3ccc(-c4cnc([C@H]5[C@H](C(=O)N[C@@H](C(=O)c6ccccc6)C(C)C)C6CC[C@@H]65)[nH]4)cc3)cc2)[nH]1)C(C)C. The van der Waals surface area contributed by atoms with Gasteiger partial charge in [-0.3, -0.25) is 14.4 Å². The Kier molecular flexibility index (Phi) is 11.2. The van der Waals surface area contributed by atoms with Crippen molar-refractivity contribution in [3.05, 3.63) is 108 Å². The predicted octanol–water partition coefficient (Wildman–Crippen LogP) is 7.94.